The molecule has 3 nitrogen and oxygen atoms in total. The van der Waals surface area contributed by atoms with Crippen LogP contribution in [-0.2, 0) is 11.3 Å². The normalized spacial score (nSPS) is 17.6. The van der Waals surface area contributed by atoms with Gasteiger partial charge < -0.3 is 10.1 Å². The van der Waals surface area contributed by atoms with Gasteiger partial charge in [0.05, 0.1) is 5.69 Å². The highest BCUT2D eigenvalue weighted by atomic mass is 16.5. The molecule has 0 spiro atoms. The molecule has 0 saturated carbocycles. The molecule has 1 aliphatic rings. The highest BCUT2D eigenvalue weighted by Crippen LogP contribution is 2.13. The number of hydrogen-bond acceptors (Lipinski definition) is 3. The van der Waals surface area contributed by atoms with Gasteiger partial charge in [0.25, 0.3) is 0 Å². The van der Waals surface area contributed by atoms with E-state index in [0.717, 1.165) is 43.6 Å². The first kappa shape index (κ1) is 11.6. The van der Waals surface area contributed by atoms with E-state index in [4.69, 9.17) is 4.74 Å². The second-order valence-corrected chi connectivity index (χ2v) is 4.46. The van der Waals surface area contributed by atoms with Crippen LogP contribution in [0.15, 0.2) is 18.2 Å². The molecule has 16 heavy (non-hydrogen) atoms. The summed E-state index contributed by atoms with van der Waals surface area (Å²) in [7, 11) is 0. The van der Waals surface area contributed by atoms with Crippen molar-refractivity contribution in [2.75, 3.05) is 19.8 Å². The summed E-state index contributed by atoms with van der Waals surface area (Å²) in [6.07, 6.45) is 2.38. The van der Waals surface area contributed by atoms with E-state index in [2.05, 4.69) is 22.4 Å². The van der Waals surface area contributed by atoms with Crippen LogP contribution in [0.25, 0.3) is 0 Å². The molecule has 1 saturated heterocycles. The maximum absolute atomic E-state index is 5.34. The predicted octanol–water partition coefficient (Wildman–Crippen LogP) is 1.91. The fourth-order valence-corrected chi connectivity index (χ4v) is 2.05. The minimum absolute atomic E-state index is 0.776. The molecule has 0 unspecified atom stereocenters. The van der Waals surface area contributed by atoms with Crippen molar-refractivity contribution in [3.8, 4) is 0 Å². The van der Waals surface area contributed by atoms with E-state index < -0.39 is 0 Å². The summed E-state index contributed by atoms with van der Waals surface area (Å²) in [6.45, 7) is 5.84. The first-order valence-corrected chi connectivity index (χ1v) is 6.05. The van der Waals surface area contributed by atoms with Gasteiger partial charge in [-0.2, -0.15) is 0 Å². The summed E-state index contributed by atoms with van der Waals surface area (Å²) in [4.78, 5) is 4.47. The molecule has 0 amide bonds. The molecular formula is C13H20N2O. The summed E-state index contributed by atoms with van der Waals surface area (Å²) >= 11 is 0. The third-order valence-corrected chi connectivity index (χ3v) is 3.03. The number of rotatable bonds is 4. The summed E-state index contributed by atoms with van der Waals surface area (Å²) < 4.78 is 5.34. The van der Waals surface area contributed by atoms with Crippen LogP contribution >= 0.6 is 0 Å². The number of pyridine rings is 1. The smallest absolute Gasteiger partial charge is 0.0544 e. The van der Waals surface area contributed by atoms with E-state index in [1.807, 2.05) is 13.0 Å². The molecule has 1 N–H and O–H groups in total. The highest BCUT2D eigenvalue weighted by molar-refractivity contribution is 5.09. The van der Waals surface area contributed by atoms with Crippen molar-refractivity contribution in [1.29, 1.82) is 0 Å². The van der Waals surface area contributed by atoms with Crippen molar-refractivity contribution in [2.45, 2.75) is 26.3 Å². The monoisotopic (exact) mass is 220 g/mol. The van der Waals surface area contributed by atoms with Gasteiger partial charge in [-0.3, -0.25) is 4.98 Å². The molecule has 1 aromatic rings. The fourth-order valence-electron chi connectivity index (χ4n) is 2.05. The van der Waals surface area contributed by atoms with Gasteiger partial charge >= 0.3 is 0 Å². The molecule has 88 valence electrons. The minimum Gasteiger partial charge on any atom is -0.381 e. The van der Waals surface area contributed by atoms with E-state index in [0.29, 0.717) is 0 Å². The molecule has 1 fully saturated rings. The van der Waals surface area contributed by atoms with Gasteiger partial charge in [-0.05, 0) is 44.4 Å². The zero-order chi connectivity index (χ0) is 11.2. The molecular weight excluding hydrogens is 200 g/mol. The second-order valence-electron chi connectivity index (χ2n) is 4.46. The van der Waals surface area contributed by atoms with Crippen LogP contribution < -0.4 is 5.32 Å². The van der Waals surface area contributed by atoms with E-state index >= 15 is 0 Å². The maximum Gasteiger partial charge on any atom is 0.0544 e. The largest absolute Gasteiger partial charge is 0.381 e. The average molecular weight is 220 g/mol. The number of nitrogens with zero attached hydrogens (tertiary/aromatic N) is 1. The summed E-state index contributed by atoms with van der Waals surface area (Å²) in [5, 5.41) is 3.48. The minimum atomic E-state index is 0.776. The van der Waals surface area contributed by atoms with E-state index in [-0.39, 0.29) is 0 Å². The topological polar surface area (TPSA) is 34.1 Å². The Morgan fingerprint density at radius 1 is 1.38 bits per heavy atom. The first-order valence-electron chi connectivity index (χ1n) is 6.05. The zero-order valence-corrected chi connectivity index (χ0v) is 9.91. The zero-order valence-electron chi connectivity index (χ0n) is 9.91. The Bertz CT molecular complexity index is 321. The van der Waals surface area contributed by atoms with E-state index in [9.17, 15) is 0 Å². The predicted molar refractivity (Wildman–Crippen MR) is 64.2 cm³/mol. The Morgan fingerprint density at radius 2 is 2.19 bits per heavy atom. The Hall–Kier alpha value is -0.930. The van der Waals surface area contributed by atoms with Gasteiger partial charge in [-0.15, -0.1) is 0 Å². The van der Waals surface area contributed by atoms with Gasteiger partial charge in [-0.1, -0.05) is 6.07 Å². The van der Waals surface area contributed by atoms with Crippen LogP contribution in [0.1, 0.15) is 24.2 Å². The number of hydrogen-bond donors (Lipinski definition) is 1. The van der Waals surface area contributed by atoms with Crippen molar-refractivity contribution < 1.29 is 4.74 Å². The second kappa shape index (κ2) is 5.97. The third-order valence-electron chi connectivity index (χ3n) is 3.03. The standard InChI is InChI=1S/C13H20N2O/c1-11-3-2-4-13(15-11)10-14-9-12-5-7-16-8-6-12/h2-4,12,14H,5-10H2,1H3. The van der Waals surface area contributed by atoms with Crippen LogP contribution in [0.3, 0.4) is 0 Å². The molecule has 0 bridgehead atoms. The highest BCUT2D eigenvalue weighted by Gasteiger charge is 2.12. The van der Waals surface area contributed by atoms with Gasteiger partial charge in [0.15, 0.2) is 0 Å². The van der Waals surface area contributed by atoms with Crippen LogP contribution in [0.4, 0.5) is 0 Å². The lowest BCUT2D eigenvalue weighted by molar-refractivity contribution is 0.0662. The molecule has 3 heteroatoms. The molecule has 0 atom stereocenters. The summed E-state index contributed by atoms with van der Waals surface area (Å²) in [5.41, 5.74) is 2.22. The third kappa shape index (κ3) is 3.58. The Balaban J connectivity index is 1.71. The lowest BCUT2D eigenvalue weighted by Crippen LogP contribution is -2.27. The van der Waals surface area contributed by atoms with Crippen molar-refractivity contribution in [1.82, 2.24) is 10.3 Å². The molecule has 1 aliphatic heterocycles. The summed E-state index contributed by atoms with van der Waals surface area (Å²) in [5.74, 6) is 0.776. The molecule has 0 radical (unpaired) electrons. The van der Waals surface area contributed by atoms with Crippen LogP contribution in [-0.4, -0.2) is 24.7 Å². The van der Waals surface area contributed by atoms with E-state index in [1.165, 1.54) is 12.8 Å². The van der Waals surface area contributed by atoms with Gasteiger partial charge in [-0.25, -0.2) is 0 Å². The quantitative estimate of drug-likeness (QED) is 0.841. The molecule has 0 aromatic carbocycles. The van der Waals surface area contributed by atoms with Gasteiger partial charge in [0, 0.05) is 25.5 Å². The van der Waals surface area contributed by atoms with Gasteiger partial charge in [0.2, 0.25) is 0 Å². The number of nitrogens with one attached hydrogen (secondary N) is 1. The maximum atomic E-state index is 5.34. The molecule has 1 aromatic heterocycles. The average Bonchev–Trinajstić information content (AvgIpc) is 2.30. The summed E-state index contributed by atoms with van der Waals surface area (Å²) in [6, 6.07) is 6.17. The van der Waals surface area contributed by atoms with Crippen LogP contribution in [0.5, 0.6) is 0 Å². The number of aromatic nitrogens is 1. The van der Waals surface area contributed by atoms with Crippen LogP contribution in [0.2, 0.25) is 0 Å². The Morgan fingerprint density at radius 3 is 2.94 bits per heavy atom. The van der Waals surface area contributed by atoms with Crippen molar-refractivity contribution in [3.63, 3.8) is 0 Å². The molecule has 2 heterocycles. The lowest BCUT2D eigenvalue weighted by atomic mass is 10.0. The van der Waals surface area contributed by atoms with Crippen molar-refractivity contribution in [2.24, 2.45) is 5.92 Å². The number of aryl methyl sites for hydroxylation is 1. The number of ether oxygens (including phenoxy) is 1. The Labute approximate surface area is 97.2 Å². The van der Waals surface area contributed by atoms with Gasteiger partial charge in [0.1, 0.15) is 0 Å². The SMILES string of the molecule is Cc1cccc(CNCC2CCOCC2)n1. The van der Waals surface area contributed by atoms with Crippen molar-refractivity contribution in [3.05, 3.63) is 29.6 Å². The first-order chi connectivity index (χ1) is 7.84. The Kier molecular flexibility index (Phi) is 4.31. The fraction of sp³-hybridized carbons (Fsp3) is 0.615. The van der Waals surface area contributed by atoms with E-state index in [1.54, 1.807) is 0 Å². The van der Waals surface area contributed by atoms with Crippen molar-refractivity contribution >= 4 is 0 Å². The molecule has 2 rings (SSSR count). The lowest BCUT2D eigenvalue weighted by Gasteiger charge is -2.22. The van der Waals surface area contributed by atoms with Crippen LogP contribution in [0, 0.1) is 12.8 Å². The molecule has 0 aliphatic carbocycles.